The second-order valence-electron chi connectivity index (χ2n) is 6.32. The van der Waals surface area contributed by atoms with Crippen molar-refractivity contribution in [1.29, 1.82) is 0 Å². The second-order valence-corrected chi connectivity index (χ2v) is 8.39. The molecule has 25 heavy (non-hydrogen) atoms. The zero-order valence-electron chi connectivity index (χ0n) is 14.5. The van der Waals surface area contributed by atoms with Crippen molar-refractivity contribution in [2.24, 2.45) is 0 Å². The van der Waals surface area contributed by atoms with Gasteiger partial charge in [-0.1, -0.05) is 0 Å². The Morgan fingerprint density at radius 1 is 1.44 bits per heavy atom. The molecular formula is C17H23N3O3S2. The summed E-state index contributed by atoms with van der Waals surface area (Å²) >= 11 is 3.09. The number of amides is 1. The highest BCUT2D eigenvalue weighted by Crippen LogP contribution is 2.33. The maximum Gasteiger partial charge on any atom is 0.259 e. The number of fused-ring (bicyclic) bond motifs is 3. The van der Waals surface area contributed by atoms with Crippen molar-refractivity contribution >= 4 is 39.2 Å². The molecule has 0 radical (unpaired) electrons. The van der Waals surface area contributed by atoms with Crippen molar-refractivity contribution in [1.82, 2.24) is 15.3 Å². The minimum atomic E-state index is -0.0434. The predicted octanol–water partition coefficient (Wildman–Crippen LogP) is 2.25. The number of carbonyl (C=O) groups excluding carboxylic acids is 1. The van der Waals surface area contributed by atoms with Gasteiger partial charge < -0.3 is 15.0 Å². The van der Waals surface area contributed by atoms with Crippen molar-refractivity contribution in [2.75, 3.05) is 19.5 Å². The van der Waals surface area contributed by atoms with Gasteiger partial charge in [-0.3, -0.25) is 9.59 Å². The molecule has 1 aliphatic carbocycles. The average Bonchev–Trinajstić information content (AvgIpc) is 2.93. The molecule has 8 heteroatoms. The van der Waals surface area contributed by atoms with Crippen molar-refractivity contribution in [3.63, 3.8) is 0 Å². The van der Waals surface area contributed by atoms with E-state index in [9.17, 15) is 9.59 Å². The largest absolute Gasteiger partial charge is 0.383 e. The highest BCUT2D eigenvalue weighted by molar-refractivity contribution is 7.99. The number of rotatable bonds is 7. The number of nitrogens with zero attached hydrogens (tertiary/aromatic N) is 1. The Bertz CT molecular complexity index is 815. The molecule has 0 bridgehead atoms. The van der Waals surface area contributed by atoms with E-state index in [0.717, 1.165) is 29.5 Å². The topological polar surface area (TPSA) is 84.1 Å². The van der Waals surface area contributed by atoms with E-state index >= 15 is 0 Å². The van der Waals surface area contributed by atoms with Crippen molar-refractivity contribution in [3.8, 4) is 0 Å². The summed E-state index contributed by atoms with van der Waals surface area (Å²) in [5, 5.41) is 3.64. The molecule has 0 aromatic carbocycles. The van der Waals surface area contributed by atoms with E-state index < -0.39 is 0 Å². The summed E-state index contributed by atoms with van der Waals surface area (Å²) < 4.78 is 5.00. The van der Waals surface area contributed by atoms with Crippen LogP contribution in [-0.4, -0.2) is 41.4 Å². The Kier molecular flexibility index (Phi) is 6.14. The van der Waals surface area contributed by atoms with Crippen LogP contribution < -0.4 is 10.9 Å². The first kappa shape index (κ1) is 18.4. The average molecular weight is 382 g/mol. The van der Waals surface area contributed by atoms with Crippen LogP contribution in [0.15, 0.2) is 4.79 Å². The number of aryl methyl sites for hydroxylation is 2. The van der Waals surface area contributed by atoms with E-state index in [1.807, 2.05) is 6.92 Å². The van der Waals surface area contributed by atoms with Crippen LogP contribution in [0.5, 0.6) is 0 Å². The standard InChI is InChI=1S/C17H23N3O3S2/c1-10(7-23-2)18-14(21)9-24-8-13-19-16(22)15-11-5-3-4-6-12(11)25-17(15)20-13/h10H,3-9H2,1-2H3,(H,18,21)(H,19,20,22). The van der Waals surface area contributed by atoms with Crippen LogP contribution in [0.1, 0.15) is 36.0 Å². The molecule has 0 saturated heterocycles. The molecule has 3 rings (SSSR count). The lowest BCUT2D eigenvalue weighted by Crippen LogP contribution is -2.36. The van der Waals surface area contributed by atoms with E-state index in [1.54, 1.807) is 18.4 Å². The van der Waals surface area contributed by atoms with Crippen molar-refractivity contribution < 1.29 is 9.53 Å². The van der Waals surface area contributed by atoms with E-state index in [1.165, 1.54) is 28.6 Å². The molecule has 136 valence electrons. The van der Waals surface area contributed by atoms with Gasteiger partial charge >= 0.3 is 0 Å². The molecule has 6 nitrogen and oxygen atoms in total. The fourth-order valence-corrected chi connectivity index (χ4v) is 5.11. The lowest BCUT2D eigenvalue weighted by molar-refractivity contribution is -0.119. The Hall–Kier alpha value is -1.38. The van der Waals surface area contributed by atoms with E-state index in [-0.39, 0.29) is 17.5 Å². The predicted molar refractivity (Wildman–Crippen MR) is 103 cm³/mol. The number of thioether (sulfide) groups is 1. The monoisotopic (exact) mass is 381 g/mol. The van der Waals surface area contributed by atoms with Gasteiger partial charge in [0.2, 0.25) is 5.91 Å². The minimum absolute atomic E-state index is 0.00942. The molecule has 0 saturated carbocycles. The first-order valence-corrected chi connectivity index (χ1v) is 10.4. The first-order valence-electron chi connectivity index (χ1n) is 8.48. The van der Waals surface area contributed by atoms with E-state index in [2.05, 4.69) is 15.3 Å². The molecule has 0 spiro atoms. The van der Waals surface area contributed by atoms with Crippen LogP contribution in [0.3, 0.4) is 0 Å². The fraction of sp³-hybridized carbons (Fsp3) is 0.588. The zero-order valence-corrected chi connectivity index (χ0v) is 16.1. The van der Waals surface area contributed by atoms with Gasteiger partial charge in [-0.05, 0) is 38.2 Å². The van der Waals surface area contributed by atoms with Crippen molar-refractivity contribution in [3.05, 3.63) is 26.6 Å². The molecule has 1 unspecified atom stereocenters. The smallest absolute Gasteiger partial charge is 0.259 e. The number of thiophene rings is 1. The molecule has 1 aliphatic rings. The number of hydrogen-bond acceptors (Lipinski definition) is 6. The Morgan fingerprint density at radius 2 is 2.24 bits per heavy atom. The first-order chi connectivity index (χ1) is 12.1. The number of nitrogens with one attached hydrogen (secondary N) is 2. The zero-order chi connectivity index (χ0) is 17.8. The highest BCUT2D eigenvalue weighted by atomic mass is 32.2. The molecule has 2 N–H and O–H groups in total. The quantitative estimate of drug-likeness (QED) is 0.768. The molecule has 2 aromatic heterocycles. The Balaban J connectivity index is 1.63. The van der Waals surface area contributed by atoms with Gasteiger partial charge in [-0.15, -0.1) is 23.1 Å². The number of H-pyrrole nitrogens is 1. The number of aromatic amines is 1. The van der Waals surface area contributed by atoms with Gasteiger partial charge in [-0.25, -0.2) is 4.98 Å². The third kappa shape index (κ3) is 4.43. The van der Waals surface area contributed by atoms with Crippen LogP contribution in [0.2, 0.25) is 0 Å². The summed E-state index contributed by atoms with van der Waals surface area (Å²) in [7, 11) is 1.61. The minimum Gasteiger partial charge on any atom is -0.383 e. The third-order valence-electron chi connectivity index (χ3n) is 4.17. The molecule has 2 aromatic rings. The molecular weight excluding hydrogens is 358 g/mol. The SMILES string of the molecule is COCC(C)NC(=O)CSCc1nc2sc3c(c2c(=O)[nH]1)CCCC3. The van der Waals surface area contributed by atoms with Gasteiger partial charge in [0.05, 0.1) is 23.5 Å². The fourth-order valence-electron chi connectivity index (χ4n) is 3.13. The maximum absolute atomic E-state index is 12.5. The van der Waals surface area contributed by atoms with Crippen LogP contribution in [-0.2, 0) is 28.1 Å². The lowest BCUT2D eigenvalue weighted by atomic mass is 9.97. The summed E-state index contributed by atoms with van der Waals surface area (Å²) in [5.41, 5.74) is 1.16. The number of methoxy groups -OCH3 is 1. The number of ether oxygens (including phenoxy) is 1. The Morgan fingerprint density at radius 3 is 3.04 bits per heavy atom. The maximum atomic E-state index is 12.5. The summed E-state index contributed by atoms with van der Waals surface area (Å²) in [5.74, 6) is 1.44. The number of hydrogen-bond donors (Lipinski definition) is 2. The third-order valence-corrected chi connectivity index (χ3v) is 6.30. The lowest BCUT2D eigenvalue weighted by Gasteiger charge is -2.12. The van der Waals surface area contributed by atoms with Gasteiger partial charge in [-0.2, -0.15) is 0 Å². The van der Waals surface area contributed by atoms with Crippen molar-refractivity contribution in [2.45, 2.75) is 44.4 Å². The van der Waals surface area contributed by atoms with Crippen LogP contribution >= 0.6 is 23.1 Å². The molecule has 1 amide bonds. The van der Waals surface area contributed by atoms with Crippen LogP contribution in [0.4, 0.5) is 0 Å². The van der Waals surface area contributed by atoms with Crippen LogP contribution in [0.25, 0.3) is 10.2 Å². The molecule has 1 atom stereocenters. The van der Waals surface area contributed by atoms with Gasteiger partial charge in [0.15, 0.2) is 0 Å². The van der Waals surface area contributed by atoms with E-state index in [0.29, 0.717) is 23.9 Å². The summed E-state index contributed by atoms with van der Waals surface area (Å²) in [6.07, 6.45) is 4.37. The molecule has 0 fully saturated rings. The number of carbonyl (C=O) groups is 1. The van der Waals surface area contributed by atoms with Gasteiger partial charge in [0.1, 0.15) is 10.7 Å². The highest BCUT2D eigenvalue weighted by Gasteiger charge is 2.19. The number of aromatic nitrogens is 2. The summed E-state index contributed by atoms with van der Waals surface area (Å²) in [6.45, 7) is 2.39. The summed E-state index contributed by atoms with van der Waals surface area (Å²) in [4.78, 5) is 34.0. The van der Waals surface area contributed by atoms with Gasteiger partial charge in [0, 0.05) is 18.0 Å². The Labute approximate surface area is 154 Å². The molecule has 2 heterocycles. The summed E-state index contributed by atoms with van der Waals surface area (Å²) in [6, 6.07) is -0.00942. The van der Waals surface area contributed by atoms with Crippen LogP contribution in [0, 0.1) is 0 Å². The normalized spacial score (nSPS) is 15.1. The second kappa shape index (κ2) is 8.33. The van der Waals surface area contributed by atoms with E-state index in [4.69, 9.17) is 4.74 Å². The molecule has 0 aliphatic heterocycles. The van der Waals surface area contributed by atoms with Gasteiger partial charge in [0.25, 0.3) is 5.56 Å².